The summed E-state index contributed by atoms with van der Waals surface area (Å²) in [5, 5.41) is 2.21. The smallest absolute Gasteiger partial charge is 0.129 e. The maximum absolute atomic E-state index is 6.00. The van der Waals surface area contributed by atoms with E-state index in [2.05, 4.69) is 35.3 Å². The van der Waals surface area contributed by atoms with Crippen LogP contribution in [0, 0.1) is 0 Å². The van der Waals surface area contributed by atoms with Gasteiger partial charge in [0.25, 0.3) is 0 Å². The van der Waals surface area contributed by atoms with Crippen molar-refractivity contribution in [2.75, 3.05) is 26.7 Å². The second-order valence-electron chi connectivity index (χ2n) is 5.14. The zero-order valence-electron chi connectivity index (χ0n) is 11.6. The van der Waals surface area contributed by atoms with Crippen LogP contribution < -0.4 is 5.73 Å². The lowest BCUT2D eigenvalue weighted by Gasteiger charge is -2.30. The van der Waals surface area contributed by atoms with E-state index in [0.29, 0.717) is 0 Å². The molecule has 1 atom stereocenters. The van der Waals surface area contributed by atoms with E-state index in [1.54, 1.807) is 11.8 Å². The third-order valence-corrected chi connectivity index (χ3v) is 4.67. The van der Waals surface area contributed by atoms with E-state index < -0.39 is 0 Å². The SMILES string of the molecule is CCCCCN1CCC=C(C2=CSC(N)N2C)C1. The summed E-state index contributed by atoms with van der Waals surface area (Å²) in [6.07, 6.45) is 7.53. The van der Waals surface area contributed by atoms with E-state index in [-0.39, 0.29) is 5.50 Å². The van der Waals surface area contributed by atoms with Gasteiger partial charge in [-0.15, -0.1) is 0 Å². The molecule has 1 unspecified atom stereocenters. The quantitative estimate of drug-likeness (QED) is 0.776. The molecule has 102 valence electrons. The summed E-state index contributed by atoms with van der Waals surface area (Å²) in [4.78, 5) is 4.76. The molecule has 2 aliphatic rings. The molecule has 0 saturated heterocycles. The van der Waals surface area contributed by atoms with Crippen molar-refractivity contribution in [3.8, 4) is 0 Å². The highest BCUT2D eigenvalue weighted by atomic mass is 32.2. The summed E-state index contributed by atoms with van der Waals surface area (Å²) in [6, 6.07) is 0. The zero-order valence-corrected chi connectivity index (χ0v) is 12.4. The minimum absolute atomic E-state index is 0.0939. The maximum atomic E-state index is 6.00. The second-order valence-corrected chi connectivity index (χ2v) is 6.13. The summed E-state index contributed by atoms with van der Waals surface area (Å²) in [7, 11) is 2.09. The summed E-state index contributed by atoms with van der Waals surface area (Å²) < 4.78 is 0. The van der Waals surface area contributed by atoms with Gasteiger partial charge in [-0.3, -0.25) is 4.90 Å². The maximum Gasteiger partial charge on any atom is 0.129 e. The van der Waals surface area contributed by atoms with Crippen LogP contribution in [0.5, 0.6) is 0 Å². The van der Waals surface area contributed by atoms with Gasteiger partial charge in [-0.25, -0.2) is 0 Å². The molecule has 0 amide bonds. The van der Waals surface area contributed by atoms with Crippen LogP contribution >= 0.6 is 11.8 Å². The molecule has 0 radical (unpaired) electrons. The van der Waals surface area contributed by atoms with Gasteiger partial charge in [-0.2, -0.15) is 0 Å². The summed E-state index contributed by atoms with van der Waals surface area (Å²) in [5.41, 5.74) is 8.88. The first-order chi connectivity index (χ1) is 8.72. The number of nitrogens with two attached hydrogens (primary N) is 1. The molecule has 2 aliphatic heterocycles. The number of hydrogen-bond acceptors (Lipinski definition) is 4. The lowest BCUT2D eigenvalue weighted by atomic mass is 10.1. The Kier molecular flexibility index (Phi) is 5.15. The predicted octanol–water partition coefficient (Wildman–Crippen LogP) is 2.57. The summed E-state index contributed by atoms with van der Waals surface area (Å²) in [6.45, 7) is 5.80. The Morgan fingerprint density at radius 1 is 1.44 bits per heavy atom. The van der Waals surface area contributed by atoms with Crippen molar-refractivity contribution in [1.82, 2.24) is 9.80 Å². The molecule has 4 heteroatoms. The molecule has 0 aromatic heterocycles. The number of unbranched alkanes of at least 4 members (excludes halogenated alkanes) is 2. The second kappa shape index (κ2) is 6.64. The molecule has 0 fully saturated rings. The zero-order chi connectivity index (χ0) is 13.0. The third-order valence-electron chi connectivity index (χ3n) is 3.72. The molecule has 0 aromatic carbocycles. The molecular formula is C14H25N3S. The minimum Gasteiger partial charge on any atom is -0.350 e. The lowest BCUT2D eigenvalue weighted by molar-refractivity contribution is 0.278. The first-order valence-electron chi connectivity index (χ1n) is 6.98. The van der Waals surface area contributed by atoms with Crippen LogP contribution in [0.4, 0.5) is 0 Å². The Bertz CT molecular complexity index is 338. The Hall–Kier alpha value is -0.450. The van der Waals surface area contributed by atoms with E-state index in [1.807, 2.05) is 0 Å². The average molecular weight is 267 g/mol. The molecule has 3 nitrogen and oxygen atoms in total. The van der Waals surface area contributed by atoms with Crippen LogP contribution in [0.25, 0.3) is 0 Å². The van der Waals surface area contributed by atoms with Crippen molar-refractivity contribution in [2.24, 2.45) is 5.73 Å². The van der Waals surface area contributed by atoms with Gasteiger partial charge in [-0.1, -0.05) is 37.6 Å². The fraction of sp³-hybridized carbons (Fsp3) is 0.714. The average Bonchev–Trinajstić information content (AvgIpc) is 2.71. The minimum atomic E-state index is 0.0939. The summed E-state index contributed by atoms with van der Waals surface area (Å²) >= 11 is 1.71. The fourth-order valence-electron chi connectivity index (χ4n) is 2.52. The monoisotopic (exact) mass is 267 g/mol. The molecule has 0 saturated carbocycles. The highest BCUT2D eigenvalue weighted by molar-refractivity contribution is 8.02. The van der Waals surface area contributed by atoms with Gasteiger partial charge >= 0.3 is 0 Å². The first kappa shape index (κ1) is 14.0. The van der Waals surface area contributed by atoms with Crippen LogP contribution in [0.3, 0.4) is 0 Å². The van der Waals surface area contributed by atoms with Crippen LogP contribution in [-0.4, -0.2) is 42.0 Å². The van der Waals surface area contributed by atoms with Crippen molar-refractivity contribution in [2.45, 2.75) is 38.1 Å². The highest BCUT2D eigenvalue weighted by Crippen LogP contribution is 2.32. The van der Waals surface area contributed by atoms with Gasteiger partial charge in [0.05, 0.1) is 0 Å². The van der Waals surface area contributed by atoms with Gasteiger partial charge in [-0.05, 0) is 30.4 Å². The molecular weight excluding hydrogens is 242 g/mol. The van der Waals surface area contributed by atoms with Crippen LogP contribution in [0.1, 0.15) is 32.6 Å². The van der Waals surface area contributed by atoms with Crippen molar-refractivity contribution in [3.63, 3.8) is 0 Å². The van der Waals surface area contributed by atoms with Crippen LogP contribution in [-0.2, 0) is 0 Å². The van der Waals surface area contributed by atoms with Crippen molar-refractivity contribution in [3.05, 3.63) is 22.8 Å². The molecule has 2 N–H and O–H groups in total. The lowest BCUT2D eigenvalue weighted by Crippen LogP contribution is -2.36. The Morgan fingerprint density at radius 2 is 2.28 bits per heavy atom. The van der Waals surface area contributed by atoms with Gasteiger partial charge in [0.1, 0.15) is 5.50 Å². The molecule has 2 rings (SSSR count). The molecule has 0 spiro atoms. The van der Waals surface area contributed by atoms with E-state index in [9.17, 15) is 0 Å². The Morgan fingerprint density at radius 3 is 2.94 bits per heavy atom. The number of thioether (sulfide) groups is 1. The highest BCUT2D eigenvalue weighted by Gasteiger charge is 2.24. The van der Waals surface area contributed by atoms with Crippen molar-refractivity contribution in [1.29, 1.82) is 0 Å². The number of likely N-dealkylation sites (N-methyl/N-ethyl adjacent to an activating group) is 1. The molecule has 0 bridgehead atoms. The normalized spacial score (nSPS) is 25.3. The van der Waals surface area contributed by atoms with E-state index in [0.717, 1.165) is 6.54 Å². The first-order valence-corrected chi connectivity index (χ1v) is 7.92. The van der Waals surface area contributed by atoms with E-state index >= 15 is 0 Å². The third kappa shape index (κ3) is 3.31. The standard InChI is InChI=1S/C14H25N3S/c1-3-4-5-8-17-9-6-7-12(10-17)13-11-18-14(15)16(13)2/h7,11,14H,3-6,8-10,15H2,1-2H3. The van der Waals surface area contributed by atoms with Crippen LogP contribution in [0.15, 0.2) is 22.8 Å². The predicted molar refractivity (Wildman–Crippen MR) is 80.1 cm³/mol. The Labute approximate surface area is 115 Å². The van der Waals surface area contributed by atoms with Crippen molar-refractivity contribution >= 4 is 11.8 Å². The van der Waals surface area contributed by atoms with Crippen molar-refractivity contribution < 1.29 is 0 Å². The molecule has 2 heterocycles. The molecule has 18 heavy (non-hydrogen) atoms. The van der Waals surface area contributed by atoms with Gasteiger partial charge < -0.3 is 10.6 Å². The number of nitrogens with zero attached hydrogens (tertiary/aromatic N) is 2. The molecule has 0 aliphatic carbocycles. The van der Waals surface area contributed by atoms with Gasteiger partial charge in [0.2, 0.25) is 0 Å². The number of rotatable bonds is 5. The van der Waals surface area contributed by atoms with Gasteiger partial charge in [0, 0.05) is 25.8 Å². The molecule has 0 aromatic rings. The van der Waals surface area contributed by atoms with Crippen LogP contribution in [0.2, 0.25) is 0 Å². The largest absolute Gasteiger partial charge is 0.350 e. The fourth-order valence-corrected chi connectivity index (χ4v) is 3.40. The topological polar surface area (TPSA) is 32.5 Å². The summed E-state index contributed by atoms with van der Waals surface area (Å²) in [5.74, 6) is 0. The van der Waals surface area contributed by atoms with Gasteiger partial charge in [0.15, 0.2) is 0 Å². The Balaban J connectivity index is 1.89. The van der Waals surface area contributed by atoms with E-state index in [1.165, 1.54) is 50.0 Å². The van der Waals surface area contributed by atoms with E-state index in [4.69, 9.17) is 5.73 Å². The number of hydrogen-bond donors (Lipinski definition) is 1.